The van der Waals surface area contributed by atoms with Crippen LogP contribution in [0.1, 0.15) is 16.7 Å². The molecule has 0 saturated carbocycles. The van der Waals surface area contributed by atoms with Crippen molar-refractivity contribution >= 4 is 27.5 Å². The third-order valence-corrected chi connectivity index (χ3v) is 6.79. The van der Waals surface area contributed by atoms with Crippen molar-refractivity contribution in [2.75, 3.05) is 6.54 Å². The lowest BCUT2D eigenvalue weighted by molar-refractivity contribution is -0.121. The maximum absolute atomic E-state index is 13.2. The molecule has 0 aliphatic carbocycles. The molecular weight excluding hydrogens is 420 g/mol. The van der Waals surface area contributed by atoms with Gasteiger partial charge in [0.2, 0.25) is 15.9 Å². The second kappa shape index (κ2) is 9.89. The Hall–Kier alpha value is -2.67. The average molecular weight is 443 g/mol. The van der Waals surface area contributed by atoms with E-state index in [0.29, 0.717) is 5.02 Å². The van der Waals surface area contributed by atoms with Crippen LogP contribution >= 0.6 is 11.6 Å². The molecule has 0 unspecified atom stereocenters. The highest BCUT2D eigenvalue weighted by Crippen LogP contribution is 2.19. The van der Waals surface area contributed by atoms with Gasteiger partial charge in [-0.2, -0.15) is 4.31 Å². The van der Waals surface area contributed by atoms with Gasteiger partial charge in [-0.05, 0) is 36.2 Å². The van der Waals surface area contributed by atoms with Gasteiger partial charge in [-0.15, -0.1) is 0 Å². The summed E-state index contributed by atoms with van der Waals surface area (Å²) in [7, 11) is -3.85. The Labute approximate surface area is 182 Å². The second-order valence-corrected chi connectivity index (χ2v) is 9.29. The Morgan fingerprint density at radius 2 is 1.57 bits per heavy atom. The number of sulfonamides is 1. The van der Waals surface area contributed by atoms with Gasteiger partial charge in [0.05, 0.1) is 11.4 Å². The fourth-order valence-corrected chi connectivity index (χ4v) is 4.52. The summed E-state index contributed by atoms with van der Waals surface area (Å²) in [4.78, 5) is 12.7. The zero-order valence-electron chi connectivity index (χ0n) is 16.6. The lowest BCUT2D eigenvalue weighted by Gasteiger charge is -2.22. The highest BCUT2D eigenvalue weighted by Gasteiger charge is 2.26. The molecule has 7 heteroatoms. The van der Waals surface area contributed by atoms with Crippen molar-refractivity contribution in [3.05, 3.63) is 101 Å². The highest BCUT2D eigenvalue weighted by atomic mass is 35.5. The summed E-state index contributed by atoms with van der Waals surface area (Å²) in [6.07, 6.45) is 0. The van der Waals surface area contributed by atoms with E-state index < -0.39 is 15.9 Å². The molecule has 30 heavy (non-hydrogen) atoms. The number of amides is 1. The quantitative estimate of drug-likeness (QED) is 0.569. The number of hydrogen-bond acceptors (Lipinski definition) is 3. The van der Waals surface area contributed by atoms with Gasteiger partial charge in [-0.3, -0.25) is 4.79 Å². The van der Waals surface area contributed by atoms with Gasteiger partial charge in [0.1, 0.15) is 0 Å². The van der Waals surface area contributed by atoms with Crippen LogP contribution in [0.5, 0.6) is 0 Å². The molecule has 0 spiro atoms. The molecule has 3 aromatic carbocycles. The molecule has 0 saturated heterocycles. The van der Waals surface area contributed by atoms with Gasteiger partial charge in [-0.1, -0.05) is 77.8 Å². The number of halogens is 1. The summed E-state index contributed by atoms with van der Waals surface area (Å²) >= 11 is 6.13. The SMILES string of the molecule is Cc1ccc(CN(CC(=O)NCc2ccccc2Cl)S(=O)(=O)c2ccccc2)cc1. The van der Waals surface area contributed by atoms with E-state index in [0.717, 1.165) is 16.7 Å². The molecular formula is C23H23ClN2O3S. The van der Waals surface area contributed by atoms with E-state index >= 15 is 0 Å². The molecule has 3 aromatic rings. The minimum atomic E-state index is -3.85. The Morgan fingerprint density at radius 3 is 2.23 bits per heavy atom. The first-order valence-electron chi connectivity index (χ1n) is 9.47. The van der Waals surface area contributed by atoms with E-state index in [-0.39, 0.29) is 24.5 Å². The molecule has 0 aliphatic heterocycles. The van der Waals surface area contributed by atoms with E-state index in [2.05, 4.69) is 5.32 Å². The van der Waals surface area contributed by atoms with E-state index in [1.807, 2.05) is 49.4 Å². The third kappa shape index (κ3) is 5.69. The average Bonchev–Trinajstić information content (AvgIpc) is 2.75. The number of carbonyl (C=O) groups is 1. The van der Waals surface area contributed by atoms with Gasteiger partial charge < -0.3 is 5.32 Å². The lowest BCUT2D eigenvalue weighted by Crippen LogP contribution is -2.40. The van der Waals surface area contributed by atoms with Crippen LogP contribution in [0.3, 0.4) is 0 Å². The van der Waals surface area contributed by atoms with Crippen LogP contribution in [-0.4, -0.2) is 25.2 Å². The Morgan fingerprint density at radius 1 is 0.933 bits per heavy atom. The predicted octanol–water partition coefficient (Wildman–Crippen LogP) is 4.16. The molecule has 1 N–H and O–H groups in total. The first kappa shape index (κ1) is 22.0. The van der Waals surface area contributed by atoms with Crippen LogP contribution in [0.25, 0.3) is 0 Å². The number of nitrogens with one attached hydrogen (secondary N) is 1. The smallest absolute Gasteiger partial charge is 0.243 e. The van der Waals surface area contributed by atoms with E-state index in [4.69, 9.17) is 11.6 Å². The largest absolute Gasteiger partial charge is 0.351 e. The Kier molecular flexibility index (Phi) is 7.26. The summed E-state index contributed by atoms with van der Waals surface area (Å²) in [5.74, 6) is -0.401. The molecule has 0 bridgehead atoms. The fraction of sp³-hybridized carbons (Fsp3) is 0.174. The van der Waals surface area contributed by atoms with Crippen LogP contribution in [0.2, 0.25) is 5.02 Å². The lowest BCUT2D eigenvalue weighted by atomic mass is 10.1. The Bertz CT molecular complexity index is 1100. The predicted molar refractivity (Wildman–Crippen MR) is 119 cm³/mol. The monoisotopic (exact) mass is 442 g/mol. The van der Waals surface area contributed by atoms with Crippen molar-refractivity contribution in [1.82, 2.24) is 9.62 Å². The number of rotatable bonds is 8. The maximum Gasteiger partial charge on any atom is 0.243 e. The van der Waals surface area contributed by atoms with Crippen molar-refractivity contribution < 1.29 is 13.2 Å². The van der Waals surface area contributed by atoms with Gasteiger partial charge >= 0.3 is 0 Å². The summed E-state index contributed by atoms with van der Waals surface area (Å²) in [5, 5.41) is 3.31. The first-order valence-corrected chi connectivity index (χ1v) is 11.3. The van der Waals surface area contributed by atoms with Crippen molar-refractivity contribution in [1.29, 1.82) is 0 Å². The number of nitrogens with zero attached hydrogens (tertiary/aromatic N) is 1. The van der Waals surface area contributed by atoms with Gasteiger partial charge in [0, 0.05) is 18.1 Å². The maximum atomic E-state index is 13.2. The molecule has 0 radical (unpaired) electrons. The summed E-state index contributed by atoms with van der Waals surface area (Å²) in [6.45, 7) is 1.99. The molecule has 0 heterocycles. The van der Waals surface area contributed by atoms with Crippen molar-refractivity contribution in [3.8, 4) is 0 Å². The van der Waals surface area contributed by atoms with Crippen LogP contribution in [0.4, 0.5) is 0 Å². The van der Waals surface area contributed by atoms with E-state index in [1.165, 1.54) is 16.4 Å². The summed E-state index contributed by atoms with van der Waals surface area (Å²) in [6, 6.07) is 22.9. The van der Waals surface area contributed by atoms with Crippen molar-refractivity contribution in [3.63, 3.8) is 0 Å². The number of carbonyl (C=O) groups excluding carboxylic acids is 1. The third-order valence-electron chi connectivity index (χ3n) is 4.61. The van der Waals surface area contributed by atoms with E-state index in [1.54, 1.807) is 24.3 Å². The molecule has 0 fully saturated rings. The standard InChI is InChI=1S/C23H23ClN2O3S/c1-18-11-13-19(14-12-18)16-26(30(28,29)21-8-3-2-4-9-21)17-23(27)25-15-20-7-5-6-10-22(20)24/h2-14H,15-17H2,1H3,(H,25,27). The zero-order valence-corrected chi connectivity index (χ0v) is 18.2. The van der Waals surface area contributed by atoms with Crippen LogP contribution < -0.4 is 5.32 Å². The zero-order chi connectivity index (χ0) is 21.6. The van der Waals surface area contributed by atoms with Crippen molar-refractivity contribution in [2.45, 2.75) is 24.9 Å². The molecule has 3 rings (SSSR count). The fourth-order valence-electron chi connectivity index (χ4n) is 2.92. The molecule has 156 valence electrons. The molecule has 0 aliphatic rings. The van der Waals surface area contributed by atoms with Crippen LogP contribution in [0, 0.1) is 6.92 Å². The summed E-state index contributed by atoms with van der Waals surface area (Å²) < 4.78 is 27.6. The normalized spacial score (nSPS) is 11.4. The minimum absolute atomic E-state index is 0.0943. The molecule has 0 atom stereocenters. The van der Waals surface area contributed by atoms with E-state index in [9.17, 15) is 13.2 Å². The van der Waals surface area contributed by atoms with Gasteiger partial charge in [0.15, 0.2) is 0 Å². The van der Waals surface area contributed by atoms with Crippen LogP contribution in [-0.2, 0) is 27.9 Å². The van der Waals surface area contributed by atoms with Gasteiger partial charge in [0.25, 0.3) is 0 Å². The highest BCUT2D eigenvalue weighted by molar-refractivity contribution is 7.89. The molecule has 0 aromatic heterocycles. The minimum Gasteiger partial charge on any atom is -0.351 e. The number of hydrogen-bond donors (Lipinski definition) is 1. The first-order chi connectivity index (χ1) is 14.4. The van der Waals surface area contributed by atoms with Crippen LogP contribution in [0.15, 0.2) is 83.8 Å². The Balaban J connectivity index is 1.79. The van der Waals surface area contributed by atoms with Crippen molar-refractivity contribution in [2.24, 2.45) is 0 Å². The number of aryl methyl sites for hydroxylation is 1. The second-order valence-electron chi connectivity index (χ2n) is 6.94. The molecule has 1 amide bonds. The number of benzene rings is 3. The van der Waals surface area contributed by atoms with Gasteiger partial charge in [-0.25, -0.2) is 8.42 Å². The topological polar surface area (TPSA) is 66.5 Å². The summed E-state index contributed by atoms with van der Waals surface area (Å²) in [5.41, 5.74) is 2.65. The molecule has 5 nitrogen and oxygen atoms in total.